The van der Waals surface area contributed by atoms with Crippen molar-refractivity contribution >= 4 is 22.9 Å². The number of ketones is 2. The van der Waals surface area contributed by atoms with Crippen molar-refractivity contribution in [2.45, 2.75) is 52.6 Å². The van der Waals surface area contributed by atoms with Gasteiger partial charge in [0.15, 0.2) is 0 Å². The highest BCUT2D eigenvalue weighted by atomic mass is 16.3. The second-order valence-electron chi connectivity index (χ2n) is 9.28. The van der Waals surface area contributed by atoms with E-state index in [2.05, 4.69) is 10.6 Å². The van der Waals surface area contributed by atoms with Crippen LogP contribution in [0.15, 0.2) is 24.3 Å². The molecule has 1 aliphatic carbocycles. The maximum Gasteiger partial charge on any atom is 0.200 e. The van der Waals surface area contributed by atoms with E-state index < -0.39 is 48.0 Å². The van der Waals surface area contributed by atoms with E-state index in [4.69, 9.17) is 0 Å². The van der Waals surface area contributed by atoms with Crippen LogP contribution in [-0.2, 0) is 0 Å². The highest BCUT2D eigenvalue weighted by Crippen LogP contribution is 2.42. The molecule has 0 amide bonds. The average molecular weight is 533 g/mol. The number of fused-ring (bicyclic) bond motifs is 2. The zero-order valence-corrected chi connectivity index (χ0v) is 21.8. The second-order valence-corrected chi connectivity index (χ2v) is 9.28. The molecule has 4 atom stereocenters. The van der Waals surface area contributed by atoms with E-state index in [1.807, 2.05) is 0 Å². The van der Waals surface area contributed by atoms with E-state index in [9.17, 15) is 40.2 Å². The van der Waals surface area contributed by atoms with Gasteiger partial charge in [0.05, 0.1) is 22.3 Å². The molecule has 12 heteroatoms. The molecule has 0 aliphatic heterocycles. The summed E-state index contributed by atoms with van der Waals surface area (Å²) >= 11 is 0. The highest BCUT2D eigenvalue weighted by Gasteiger charge is 2.38. The molecule has 3 rings (SSSR count). The molecule has 0 fully saturated rings. The number of aliphatic hydroxyl groups excluding tert-OH is 4. The zero-order valence-electron chi connectivity index (χ0n) is 21.8. The molecule has 0 heterocycles. The minimum Gasteiger partial charge on any atom is -0.507 e. The van der Waals surface area contributed by atoms with Gasteiger partial charge in [0, 0.05) is 37.6 Å². The molecular formula is C26H36N4O8. The Bertz CT molecular complexity index is 1080. The zero-order chi connectivity index (χ0) is 28.3. The fraction of sp³-hybridized carbons (Fsp3) is 0.462. The Balaban J connectivity index is 1.99. The van der Waals surface area contributed by atoms with Crippen LogP contribution in [-0.4, -0.2) is 103 Å². The number of rotatable bonds is 12. The first-order valence-corrected chi connectivity index (χ1v) is 12.4. The summed E-state index contributed by atoms with van der Waals surface area (Å²) in [5.74, 6) is -2.20. The summed E-state index contributed by atoms with van der Waals surface area (Å²) in [5, 5.41) is 66.5. The Morgan fingerprint density at radius 1 is 0.605 bits per heavy atom. The van der Waals surface area contributed by atoms with Gasteiger partial charge in [-0.25, -0.2) is 0 Å². The van der Waals surface area contributed by atoms with Crippen LogP contribution in [0.4, 0.5) is 11.4 Å². The number of anilines is 2. The maximum atomic E-state index is 13.6. The van der Waals surface area contributed by atoms with Crippen molar-refractivity contribution in [2.75, 3.05) is 36.8 Å². The molecule has 1 aliphatic rings. The standard InChI is InChI=1S/C26H36N4O8/c1-13(31)29(14(2)32)11-9-27-17-5-6-18(28-10-12-30(15(3)33)16(4)34)22-21(17)25(37)23-19(35)7-8-20(36)24(23)26(22)38/h5-8,13-16,27-28,31-36H,9-12H2,1-4H3. The summed E-state index contributed by atoms with van der Waals surface area (Å²) in [6, 6.07) is 5.47. The number of benzene rings is 2. The summed E-state index contributed by atoms with van der Waals surface area (Å²) in [7, 11) is 0. The van der Waals surface area contributed by atoms with Crippen LogP contribution in [0.2, 0.25) is 0 Å². The van der Waals surface area contributed by atoms with Gasteiger partial charge < -0.3 is 41.3 Å². The lowest BCUT2D eigenvalue weighted by molar-refractivity contribution is -0.0819. The molecule has 0 aromatic heterocycles. The molecule has 38 heavy (non-hydrogen) atoms. The van der Waals surface area contributed by atoms with Gasteiger partial charge in [0.25, 0.3) is 0 Å². The normalized spacial score (nSPS) is 16.2. The molecule has 2 aromatic carbocycles. The van der Waals surface area contributed by atoms with Crippen LogP contribution in [0.1, 0.15) is 59.5 Å². The summed E-state index contributed by atoms with van der Waals surface area (Å²) in [6.07, 6.45) is -3.68. The van der Waals surface area contributed by atoms with Crippen molar-refractivity contribution in [3.63, 3.8) is 0 Å². The first kappa shape index (κ1) is 29.3. The molecule has 4 unspecified atom stereocenters. The predicted octanol–water partition coefficient (Wildman–Crippen LogP) is 0.654. The second kappa shape index (κ2) is 12.1. The van der Waals surface area contributed by atoms with E-state index in [1.165, 1.54) is 37.5 Å². The van der Waals surface area contributed by atoms with Crippen LogP contribution in [0, 0.1) is 0 Å². The number of nitrogens with zero attached hydrogens (tertiary/aromatic N) is 2. The Morgan fingerprint density at radius 2 is 0.921 bits per heavy atom. The molecule has 12 nitrogen and oxygen atoms in total. The van der Waals surface area contributed by atoms with Gasteiger partial charge in [-0.2, -0.15) is 0 Å². The quantitative estimate of drug-likeness (QED) is 0.120. The molecule has 0 spiro atoms. The number of aromatic hydroxyl groups is 2. The number of phenols is 2. The number of phenolic OH excluding ortho intramolecular Hbond substituents is 2. The highest BCUT2D eigenvalue weighted by molar-refractivity contribution is 6.33. The van der Waals surface area contributed by atoms with Gasteiger partial charge in [0.2, 0.25) is 11.6 Å². The third-order valence-electron chi connectivity index (χ3n) is 6.57. The number of carbonyl (C=O) groups is 2. The Morgan fingerprint density at radius 3 is 1.21 bits per heavy atom. The molecule has 0 saturated carbocycles. The van der Waals surface area contributed by atoms with Gasteiger partial charge in [-0.1, -0.05) is 0 Å². The maximum absolute atomic E-state index is 13.6. The topological polar surface area (TPSA) is 186 Å². The number of hydrogen-bond acceptors (Lipinski definition) is 12. The van der Waals surface area contributed by atoms with Gasteiger partial charge in [0.1, 0.15) is 36.4 Å². The van der Waals surface area contributed by atoms with Gasteiger partial charge in [-0.15, -0.1) is 0 Å². The van der Waals surface area contributed by atoms with Crippen LogP contribution in [0.5, 0.6) is 11.5 Å². The number of hydrogen-bond donors (Lipinski definition) is 8. The lowest BCUT2D eigenvalue weighted by Crippen LogP contribution is -2.43. The molecule has 0 bridgehead atoms. The molecular weight excluding hydrogens is 496 g/mol. The van der Waals surface area contributed by atoms with Crippen molar-refractivity contribution < 1.29 is 40.2 Å². The van der Waals surface area contributed by atoms with Crippen LogP contribution < -0.4 is 10.6 Å². The Kier molecular flexibility index (Phi) is 9.31. The van der Waals surface area contributed by atoms with Gasteiger partial charge in [-0.05, 0) is 52.0 Å². The lowest BCUT2D eigenvalue weighted by Gasteiger charge is -2.29. The van der Waals surface area contributed by atoms with Crippen LogP contribution in [0.3, 0.4) is 0 Å². The summed E-state index contributed by atoms with van der Waals surface area (Å²) in [5.41, 5.74) is -0.0155. The third kappa shape index (κ3) is 5.90. The molecule has 2 aromatic rings. The van der Waals surface area contributed by atoms with Crippen molar-refractivity contribution in [1.82, 2.24) is 9.80 Å². The van der Waals surface area contributed by atoms with E-state index in [1.54, 1.807) is 12.1 Å². The SMILES string of the molecule is CC(O)N(CCNc1ccc(NCCN(C(C)O)C(C)O)c2c1C(=O)c1c(O)ccc(O)c1C2=O)C(C)O. The monoisotopic (exact) mass is 532 g/mol. The molecule has 0 radical (unpaired) electrons. The van der Waals surface area contributed by atoms with E-state index in [0.717, 1.165) is 12.1 Å². The fourth-order valence-electron chi connectivity index (χ4n) is 4.67. The van der Waals surface area contributed by atoms with E-state index in [-0.39, 0.29) is 48.4 Å². The molecule has 0 saturated heterocycles. The van der Waals surface area contributed by atoms with Crippen molar-refractivity contribution in [1.29, 1.82) is 0 Å². The summed E-state index contributed by atoms with van der Waals surface area (Å²) in [4.78, 5) is 30.1. The first-order valence-electron chi connectivity index (χ1n) is 12.4. The largest absolute Gasteiger partial charge is 0.507 e. The first-order chi connectivity index (χ1) is 17.9. The average Bonchev–Trinajstić information content (AvgIpc) is 2.83. The molecule has 8 N–H and O–H groups in total. The van der Waals surface area contributed by atoms with E-state index >= 15 is 0 Å². The van der Waals surface area contributed by atoms with E-state index in [0.29, 0.717) is 11.4 Å². The number of carbonyl (C=O) groups excluding carboxylic acids is 2. The Labute approximate surface area is 220 Å². The summed E-state index contributed by atoms with van der Waals surface area (Å²) < 4.78 is 0. The van der Waals surface area contributed by atoms with Crippen molar-refractivity contribution in [3.05, 3.63) is 46.5 Å². The van der Waals surface area contributed by atoms with Crippen LogP contribution in [0.25, 0.3) is 0 Å². The fourth-order valence-corrected chi connectivity index (χ4v) is 4.67. The van der Waals surface area contributed by atoms with Gasteiger partial charge >= 0.3 is 0 Å². The minimum absolute atomic E-state index is 0.00282. The van der Waals surface area contributed by atoms with Crippen molar-refractivity contribution in [3.8, 4) is 11.5 Å². The van der Waals surface area contributed by atoms with Crippen molar-refractivity contribution in [2.24, 2.45) is 0 Å². The van der Waals surface area contributed by atoms with Gasteiger partial charge in [-0.3, -0.25) is 19.4 Å². The third-order valence-corrected chi connectivity index (χ3v) is 6.57. The lowest BCUT2D eigenvalue weighted by atomic mass is 9.81. The number of nitrogens with one attached hydrogen (secondary N) is 2. The number of aliphatic hydroxyl groups is 4. The smallest absolute Gasteiger partial charge is 0.200 e. The summed E-state index contributed by atoms with van der Waals surface area (Å²) in [6.45, 7) is 6.88. The molecule has 208 valence electrons. The minimum atomic E-state index is -0.921. The predicted molar refractivity (Wildman–Crippen MR) is 140 cm³/mol. The Hall–Kier alpha value is -3.26. The van der Waals surface area contributed by atoms with Crippen LogP contribution >= 0.6 is 0 Å².